The summed E-state index contributed by atoms with van der Waals surface area (Å²) in [6, 6.07) is 0. The molecule has 6 aliphatic rings. The summed E-state index contributed by atoms with van der Waals surface area (Å²) in [5, 5.41) is 73.6. The van der Waals surface area contributed by atoms with E-state index in [-0.39, 0.29) is 58.8 Å². The summed E-state index contributed by atoms with van der Waals surface area (Å²) in [5.41, 5.74) is 0.995. The van der Waals surface area contributed by atoms with Crippen LogP contribution in [0.3, 0.4) is 0 Å². The number of allylic oxidation sites excluding steroid dienone is 4. The van der Waals surface area contributed by atoms with Gasteiger partial charge in [0.25, 0.3) is 0 Å². The number of ketones is 2. The predicted molar refractivity (Wildman–Crippen MR) is 190 cm³/mol. The van der Waals surface area contributed by atoms with Crippen molar-refractivity contribution in [3.05, 3.63) is 23.0 Å². The molecule has 6 rings (SSSR count). The maximum absolute atomic E-state index is 14.0. The number of carbonyl (C=O) groups excluding carboxylic acids is 2. The van der Waals surface area contributed by atoms with E-state index in [2.05, 4.69) is 19.9 Å². The van der Waals surface area contributed by atoms with E-state index in [1.165, 1.54) is 0 Å². The average Bonchev–Trinajstić information content (AvgIpc) is 3.31. The lowest BCUT2D eigenvalue weighted by molar-refractivity contribution is -0.350. The molecule has 2 aliphatic heterocycles. The van der Waals surface area contributed by atoms with Crippen LogP contribution in [0.1, 0.15) is 92.9 Å². The first-order chi connectivity index (χ1) is 25.3. The second-order valence-corrected chi connectivity index (χ2v) is 17.7. The van der Waals surface area contributed by atoms with Crippen LogP contribution >= 0.6 is 0 Å². The summed E-state index contributed by atoms with van der Waals surface area (Å²) in [4.78, 5) is 39.4. The van der Waals surface area contributed by atoms with Gasteiger partial charge in [-0.1, -0.05) is 53.2 Å². The number of aliphatic hydroxyl groups is 6. The molecule has 0 radical (unpaired) electrons. The summed E-state index contributed by atoms with van der Waals surface area (Å²) >= 11 is 0. The lowest BCUT2D eigenvalue weighted by Gasteiger charge is -2.57. The highest BCUT2D eigenvalue weighted by atomic mass is 16.7. The molecule has 14 nitrogen and oxygen atoms in total. The predicted octanol–water partition coefficient (Wildman–Crippen LogP) is 2.57. The van der Waals surface area contributed by atoms with Gasteiger partial charge in [-0.15, -0.1) is 0 Å². The highest BCUT2D eigenvalue weighted by Gasteiger charge is 2.61. The van der Waals surface area contributed by atoms with Crippen molar-refractivity contribution in [3.8, 4) is 0 Å². The second kappa shape index (κ2) is 15.6. The highest BCUT2D eigenvalue weighted by Crippen LogP contribution is 2.65. The Morgan fingerprint density at radius 1 is 0.963 bits per heavy atom. The molecule has 2 saturated heterocycles. The van der Waals surface area contributed by atoms with Crippen molar-refractivity contribution >= 4 is 17.5 Å². The quantitative estimate of drug-likeness (QED) is 0.150. The van der Waals surface area contributed by atoms with Crippen LogP contribution in [0.15, 0.2) is 23.0 Å². The molecule has 0 aromatic heterocycles. The van der Waals surface area contributed by atoms with Crippen molar-refractivity contribution in [2.75, 3.05) is 6.61 Å². The minimum Gasteiger partial charge on any atom is -0.504 e. The van der Waals surface area contributed by atoms with E-state index in [9.17, 15) is 50.1 Å². The highest BCUT2D eigenvalue weighted by molar-refractivity contribution is 6.02. The first kappa shape index (κ1) is 41.4. The molecule has 54 heavy (non-hydrogen) atoms. The van der Waals surface area contributed by atoms with E-state index in [1.54, 1.807) is 0 Å². The number of carboxylic acids is 1. The average molecular weight is 765 g/mol. The van der Waals surface area contributed by atoms with Gasteiger partial charge in [0.05, 0.1) is 18.6 Å². The van der Waals surface area contributed by atoms with Gasteiger partial charge in [-0.2, -0.15) is 0 Å². The third-order valence-electron chi connectivity index (χ3n) is 14.1. The Labute approximate surface area is 316 Å². The number of hydrogen-bond acceptors (Lipinski definition) is 13. The summed E-state index contributed by atoms with van der Waals surface area (Å²) in [5.74, 6) is -2.17. The summed E-state index contributed by atoms with van der Waals surface area (Å²) in [6.07, 6.45) is -8.17. The van der Waals surface area contributed by atoms with Crippen molar-refractivity contribution in [1.29, 1.82) is 0 Å². The van der Waals surface area contributed by atoms with Gasteiger partial charge in [-0.25, -0.2) is 4.79 Å². The second-order valence-electron chi connectivity index (χ2n) is 17.7. The molecule has 2 saturated carbocycles. The largest absolute Gasteiger partial charge is 0.504 e. The van der Waals surface area contributed by atoms with E-state index in [0.29, 0.717) is 37.7 Å². The van der Waals surface area contributed by atoms with Crippen molar-refractivity contribution in [3.63, 3.8) is 0 Å². The first-order valence-corrected chi connectivity index (χ1v) is 19.8. The van der Waals surface area contributed by atoms with Crippen LogP contribution in [-0.2, 0) is 33.3 Å². The number of carbonyl (C=O) groups is 3. The molecule has 4 fully saturated rings. The van der Waals surface area contributed by atoms with Gasteiger partial charge in [-0.3, -0.25) is 9.59 Å². The molecule has 0 aromatic carbocycles. The molecule has 4 aliphatic carbocycles. The fraction of sp³-hybridized carbons (Fsp3) is 0.825. The molecule has 0 spiro atoms. The zero-order valence-electron chi connectivity index (χ0n) is 32.2. The molecule has 7 N–H and O–H groups in total. The monoisotopic (exact) mass is 764 g/mol. The number of ether oxygens (including phenoxy) is 4. The summed E-state index contributed by atoms with van der Waals surface area (Å²) < 4.78 is 22.7. The van der Waals surface area contributed by atoms with Crippen LogP contribution in [0.5, 0.6) is 0 Å². The van der Waals surface area contributed by atoms with Gasteiger partial charge in [0.15, 0.2) is 24.4 Å². The molecule has 0 amide bonds. The van der Waals surface area contributed by atoms with E-state index in [4.69, 9.17) is 18.9 Å². The minimum atomic E-state index is -1.88. The van der Waals surface area contributed by atoms with E-state index >= 15 is 0 Å². The fourth-order valence-corrected chi connectivity index (χ4v) is 11.2. The van der Waals surface area contributed by atoms with Crippen LogP contribution in [0.25, 0.3) is 0 Å². The van der Waals surface area contributed by atoms with Crippen molar-refractivity contribution < 1.29 is 69.1 Å². The van der Waals surface area contributed by atoms with Gasteiger partial charge < -0.3 is 54.7 Å². The third-order valence-corrected chi connectivity index (χ3v) is 14.1. The molecule has 0 bridgehead atoms. The van der Waals surface area contributed by atoms with E-state index in [1.807, 2.05) is 27.7 Å². The van der Waals surface area contributed by atoms with Gasteiger partial charge in [-0.05, 0) is 79.6 Å². The lowest BCUT2D eigenvalue weighted by Crippen LogP contribution is -2.64. The molecule has 2 heterocycles. The number of fused-ring (bicyclic) bond motifs is 5. The van der Waals surface area contributed by atoms with Crippen LogP contribution in [0.4, 0.5) is 0 Å². The number of carboxylic acid groups (broad SMARTS) is 1. The van der Waals surface area contributed by atoms with Crippen molar-refractivity contribution in [1.82, 2.24) is 0 Å². The molecule has 0 unspecified atom stereocenters. The zero-order valence-corrected chi connectivity index (χ0v) is 32.2. The molecule has 304 valence electrons. The maximum atomic E-state index is 14.0. The number of hydrogen-bond donors (Lipinski definition) is 7. The summed E-state index contributed by atoms with van der Waals surface area (Å²) in [7, 11) is 0. The number of Topliss-reactive ketones (excluding diaryl/α,β-unsaturated/α-hetero) is 2. The maximum Gasteiger partial charge on any atom is 0.335 e. The Morgan fingerprint density at radius 2 is 1.67 bits per heavy atom. The van der Waals surface area contributed by atoms with E-state index < -0.39 is 85.3 Å². The molecular formula is C40H60O14. The molecular weight excluding hydrogens is 704 g/mol. The van der Waals surface area contributed by atoms with Crippen molar-refractivity contribution in [2.24, 2.45) is 46.3 Å². The Kier molecular flexibility index (Phi) is 11.9. The first-order valence-electron chi connectivity index (χ1n) is 19.8. The van der Waals surface area contributed by atoms with Crippen molar-refractivity contribution in [2.45, 2.75) is 154 Å². The topological polar surface area (TPSA) is 230 Å². The molecule has 14 heteroatoms. The normalized spacial score (nSPS) is 44.9. The van der Waals surface area contributed by atoms with Gasteiger partial charge in [0.1, 0.15) is 42.4 Å². The number of aliphatic hydroxyl groups excluding tert-OH is 6. The van der Waals surface area contributed by atoms with Crippen LogP contribution in [-0.4, -0.2) is 121 Å². The number of aliphatic carboxylic acids is 1. The smallest absolute Gasteiger partial charge is 0.335 e. The Bertz CT molecular complexity index is 1510. The van der Waals surface area contributed by atoms with Crippen LogP contribution in [0.2, 0.25) is 0 Å². The minimum absolute atomic E-state index is 0.0624. The van der Waals surface area contributed by atoms with Crippen LogP contribution < -0.4 is 0 Å². The van der Waals surface area contributed by atoms with Gasteiger partial charge in [0.2, 0.25) is 5.78 Å². The molecule has 0 aromatic rings. The van der Waals surface area contributed by atoms with Gasteiger partial charge in [0, 0.05) is 17.8 Å². The number of rotatable bonds is 11. The third kappa shape index (κ3) is 7.02. The lowest BCUT2D eigenvalue weighted by atomic mass is 9.47. The Hall–Kier alpha value is -2.27. The standard InChI is InChI=1S/C40H60O14/c1-7-21(17(2)3)24(41)14-18(4)26-29(44)30(45)27-22-9-8-19-15-20(10-12-39(19,5)23(22)11-13-40(26,27)6)52-38-33(48)34(32(47)35(54-38)36(49)50)53-37-31(46)28(43)25(42)16-51-37/h9,17-21,23,25,27-28,31-35,37-38,42-44,46-48H,7-8,10-16H2,1-6H3,(H,49,50)/t18-,19+,20+,21+,23+,25-,27+,28+,31-,32+,33-,34+,35+,37+,38-,39+,40-/m1/s1. The molecule has 17 atom stereocenters. The zero-order chi connectivity index (χ0) is 39.6. The van der Waals surface area contributed by atoms with E-state index in [0.717, 1.165) is 18.4 Å². The Morgan fingerprint density at radius 3 is 2.31 bits per heavy atom. The summed E-state index contributed by atoms with van der Waals surface area (Å²) in [6.45, 7) is 12.0. The van der Waals surface area contributed by atoms with Gasteiger partial charge >= 0.3 is 5.97 Å². The van der Waals surface area contributed by atoms with Crippen LogP contribution in [0, 0.1) is 46.3 Å². The fourth-order valence-electron chi connectivity index (χ4n) is 11.2. The SMILES string of the molecule is CC[C@H](C(=O)C[C@@H](C)C1=C(O)C(=O)[C@@H]2C3=CC[C@H]4C[C@@H](O[C@@H]5O[C@H](C(=O)O)[C@@H](O)[C@H](O[C@@H]6OC[C@@H](O)[C@H](O)[C@H]6O)[C@H]5O)CC[C@]4(C)[C@H]3CC[C@]12C)C(C)C. The Balaban J connectivity index is 1.15.